The number of rotatable bonds is 2. The van der Waals surface area contributed by atoms with Gasteiger partial charge in [-0.1, -0.05) is 6.07 Å². The molecule has 0 aromatic heterocycles. The van der Waals surface area contributed by atoms with Crippen LogP contribution in [0.4, 0.5) is 38.1 Å². The molecule has 1 saturated heterocycles. The molecule has 1 aliphatic heterocycles. The number of carbonyl (C=O) groups is 1. The Labute approximate surface area is 152 Å². The standard InChI is InChI=1S/C18H16F5N3O/c19-14-2-1-3-15(20)16(14)25-8-10-26(11-9-25)17(27)24-13-6-4-12(5-7-13)18(21,22)23/h1-7H,8-11H2,(H,24,27). The number of nitrogens with one attached hydrogen (secondary N) is 1. The molecule has 144 valence electrons. The number of piperazine rings is 1. The zero-order chi connectivity index (χ0) is 19.6. The fourth-order valence-corrected chi connectivity index (χ4v) is 2.87. The molecule has 0 spiro atoms. The first-order chi connectivity index (χ1) is 12.8. The second-order valence-corrected chi connectivity index (χ2v) is 6.05. The second kappa shape index (κ2) is 7.42. The van der Waals surface area contributed by atoms with E-state index in [4.69, 9.17) is 0 Å². The highest BCUT2D eigenvalue weighted by atomic mass is 19.4. The van der Waals surface area contributed by atoms with Gasteiger partial charge in [0, 0.05) is 31.9 Å². The molecule has 4 nitrogen and oxygen atoms in total. The van der Waals surface area contributed by atoms with Crippen LogP contribution >= 0.6 is 0 Å². The monoisotopic (exact) mass is 385 g/mol. The van der Waals surface area contributed by atoms with Crippen molar-refractivity contribution in [2.45, 2.75) is 6.18 Å². The summed E-state index contributed by atoms with van der Waals surface area (Å²) in [5.74, 6) is -1.34. The van der Waals surface area contributed by atoms with Gasteiger partial charge in [0.15, 0.2) is 0 Å². The van der Waals surface area contributed by atoms with E-state index in [0.717, 1.165) is 12.1 Å². The van der Waals surface area contributed by atoms with E-state index in [2.05, 4.69) is 5.32 Å². The Kier molecular flexibility index (Phi) is 5.20. The predicted molar refractivity (Wildman–Crippen MR) is 90.6 cm³/mol. The van der Waals surface area contributed by atoms with Gasteiger partial charge in [0.05, 0.1) is 5.56 Å². The van der Waals surface area contributed by atoms with Crippen LogP contribution in [0.15, 0.2) is 42.5 Å². The van der Waals surface area contributed by atoms with E-state index in [9.17, 15) is 26.7 Å². The van der Waals surface area contributed by atoms with Gasteiger partial charge in [0.1, 0.15) is 17.3 Å². The lowest BCUT2D eigenvalue weighted by molar-refractivity contribution is -0.137. The molecule has 0 unspecified atom stereocenters. The van der Waals surface area contributed by atoms with Crippen molar-refractivity contribution in [1.29, 1.82) is 0 Å². The molecule has 0 bridgehead atoms. The van der Waals surface area contributed by atoms with Crippen LogP contribution in [0.25, 0.3) is 0 Å². The van der Waals surface area contributed by atoms with Crippen LogP contribution in [-0.4, -0.2) is 37.1 Å². The first kappa shape index (κ1) is 18.9. The van der Waals surface area contributed by atoms with E-state index in [1.54, 1.807) is 0 Å². The predicted octanol–water partition coefficient (Wildman–Crippen LogP) is 4.34. The van der Waals surface area contributed by atoms with Gasteiger partial charge in [0.25, 0.3) is 0 Å². The maximum absolute atomic E-state index is 13.8. The van der Waals surface area contributed by atoms with Gasteiger partial charge in [-0.3, -0.25) is 0 Å². The van der Waals surface area contributed by atoms with Crippen molar-refractivity contribution in [1.82, 2.24) is 4.90 Å². The molecule has 0 radical (unpaired) electrons. The number of halogens is 5. The lowest BCUT2D eigenvalue weighted by atomic mass is 10.2. The van der Waals surface area contributed by atoms with Gasteiger partial charge in [0.2, 0.25) is 0 Å². The van der Waals surface area contributed by atoms with Crippen LogP contribution in [-0.2, 0) is 6.18 Å². The molecule has 0 saturated carbocycles. The Morgan fingerprint density at radius 1 is 0.889 bits per heavy atom. The van der Waals surface area contributed by atoms with E-state index < -0.39 is 29.4 Å². The summed E-state index contributed by atoms with van der Waals surface area (Å²) in [5, 5.41) is 2.52. The molecule has 2 aromatic rings. The summed E-state index contributed by atoms with van der Waals surface area (Å²) >= 11 is 0. The minimum atomic E-state index is -4.44. The summed E-state index contributed by atoms with van der Waals surface area (Å²) in [5.41, 5.74) is -0.697. The van der Waals surface area contributed by atoms with Gasteiger partial charge in [-0.15, -0.1) is 0 Å². The maximum atomic E-state index is 13.8. The van der Waals surface area contributed by atoms with E-state index in [1.807, 2.05) is 0 Å². The lowest BCUT2D eigenvalue weighted by Crippen LogP contribution is -2.50. The third-order valence-corrected chi connectivity index (χ3v) is 4.28. The molecule has 9 heteroatoms. The Balaban J connectivity index is 1.59. The molecular formula is C18H16F5N3O. The van der Waals surface area contributed by atoms with Gasteiger partial charge >= 0.3 is 12.2 Å². The molecule has 0 atom stereocenters. The van der Waals surface area contributed by atoms with Crippen LogP contribution in [0, 0.1) is 11.6 Å². The van der Waals surface area contributed by atoms with Crippen molar-refractivity contribution in [3.63, 3.8) is 0 Å². The smallest absolute Gasteiger partial charge is 0.363 e. The summed E-state index contributed by atoms with van der Waals surface area (Å²) in [6.07, 6.45) is -4.44. The fraction of sp³-hybridized carbons (Fsp3) is 0.278. The topological polar surface area (TPSA) is 35.6 Å². The van der Waals surface area contributed by atoms with E-state index in [-0.39, 0.29) is 37.6 Å². The minimum absolute atomic E-state index is 0.125. The molecule has 27 heavy (non-hydrogen) atoms. The number of urea groups is 1. The molecule has 1 heterocycles. The summed E-state index contributed by atoms with van der Waals surface area (Å²) in [7, 11) is 0. The molecule has 0 aliphatic carbocycles. The van der Waals surface area contributed by atoms with Crippen molar-refractivity contribution in [2.75, 3.05) is 36.4 Å². The van der Waals surface area contributed by atoms with Crippen LogP contribution in [0.1, 0.15) is 5.56 Å². The van der Waals surface area contributed by atoms with Crippen LogP contribution in [0.2, 0.25) is 0 Å². The average molecular weight is 385 g/mol. The maximum Gasteiger partial charge on any atom is 0.416 e. The number of anilines is 2. The molecule has 1 aliphatic rings. The third-order valence-electron chi connectivity index (χ3n) is 4.28. The van der Waals surface area contributed by atoms with Crippen molar-refractivity contribution < 1.29 is 26.7 Å². The minimum Gasteiger partial charge on any atom is -0.363 e. The highest BCUT2D eigenvalue weighted by molar-refractivity contribution is 5.89. The van der Waals surface area contributed by atoms with E-state index in [1.165, 1.54) is 40.1 Å². The van der Waals surface area contributed by atoms with Crippen LogP contribution in [0.5, 0.6) is 0 Å². The summed E-state index contributed by atoms with van der Waals surface area (Å²) in [6, 6.07) is 7.25. The number of amides is 2. The van der Waals surface area contributed by atoms with E-state index in [0.29, 0.717) is 0 Å². The zero-order valence-electron chi connectivity index (χ0n) is 14.1. The second-order valence-electron chi connectivity index (χ2n) is 6.05. The number of para-hydroxylation sites is 1. The quantitative estimate of drug-likeness (QED) is 0.781. The number of carbonyl (C=O) groups excluding carboxylic acids is 1. The number of nitrogens with zero attached hydrogens (tertiary/aromatic N) is 2. The lowest BCUT2D eigenvalue weighted by Gasteiger charge is -2.36. The van der Waals surface area contributed by atoms with Crippen LogP contribution in [0.3, 0.4) is 0 Å². The molecule has 2 aromatic carbocycles. The Bertz CT molecular complexity index is 794. The Morgan fingerprint density at radius 2 is 1.44 bits per heavy atom. The van der Waals surface area contributed by atoms with Crippen molar-refractivity contribution in [2.24, 2.45) is 0 Å². The highest BCUT2D eigenvalue weighted by Crippen LogP contribution is 2.30. The Hall–Kier alpha value is -2.84. The third kappa shape index (κ3) is 4.29. The molecular weight excluding hydrogens is 369 g/mol. The Morgan fingerprint density at radius 3 is 1.96 bits per heavy atom. The fourth-order valence-electron chi connectivity index (χ4n) is 2.87. The number of hydrogen-bond acceptors (Lipinski definition) is 2. The summed E-state index contributed by atoms with van der Waals surface area (Å²) < 4.78 is 65.3. The first-order valence-corrected chi connectivity index (χ1v) is 8.18. The van der Waals surface area contributed by atoms with Crippen molar-refractivity contribution >= 4 is 17.4 Å². The number of benzene rings is 2. The van der Waals surface area contributed by atoms with E-state index >= 15 is 0 Å². The van der Waals surface area contributed by atoms with Crippen LogP contribution < -0.4 is 10.2 Å². The number of hydrogen-bond donors (Lipinski definition) is 1. The molecule has 1 fully saturated rings. The van der Waals surface area contributed by atoms with Crippen molar-refractivity contribution in [3.8, 4) is 0 Å². The SMILES string of the molecule is O=C(Nc1ccc(C(F)(F)F)cc1)N1CCN(c2c(F)cccc2F)CC1. The van der Waals surface area contributed by atoms with Gasteiger partial charge in [-0.05, 0) is 36.4 Å². The van der Waals surface area contributed by atoms with Gasteiger partial charge in [-0.25, -0.2) is 13.6 Å². The largest absolute Gasteiger partial charge is 0.416 e. The normalized spacial score (nSPS) is 15.0. The zero-order valence-corrected chi connectivity index (χ0v) is 14.1. The van der Waals surface area contributed by atoms with Gasteiger partial charge in [-0.2, -0.15) is 13.2 Å². The summed E-state index contributed by atoms with van der Waals surface area (Å²) in [6.45, 7) is 0.914. The molecule has 1 N–H and O–H groups in total. The number of alkyl halides is 3. The molecule has 2 amide bonds. The summed E-state index contributed by atoms with van der Waals surface area (Å²) in [4.78, 5) is 15.2. The molecule has 3 rings (SSSR count). The first-order valence-electron chi connectivity index (χ1n) is 8.18. The van der Waals surface area contributed by atoms with Gasteiger partial charge < -0.3 is 15.1 Å². The highest BCUT2D eigenvalue weighted by Gasteiger charge is 2.30. The van der Waals surface area contributed by atoms with Crippen molar-refractivity contribution in [3.05, 3.63) is 59.7 Å². The average Bonchev–Trinajstić information content (AvgIpc) is 2.62.